The monoisotopic (exact) mass is 404 g/mol. The van der Waals surface area contributed by atoms with Crippen molar-refractivity contribution in [2.24, 2.45) is 0 Å². The van der Waals surface area contributed by atoms with Crippen molar-refractivity contribution in [3.63, 3.8) is 0 Å². The topological polar surface area (TPSA) is 44.1 Å². The Morgan fingerprint density at radius 1 is 1.03 bits per heavy atom. The third kappa shape index (κ3) is 3.96. The summed E-state index contributed by atoms with van der Waals surface area (Å²) >= 11 is 1.58. The summed E-state index contributed by atoms with van der Waals surface area (Å²) in [5, 5.41) is 0.724. The molecule has 0 amide bonds. The molecule has 0 aliphatic rings. The average molecular weight is 405 g/mol. The molecular formula is C24H24N2O2S. The molecule has 0 aliphatic carbocycles. The molecule has 0 fully saturated rings. The molecule has 29 heavy (non-hydrogen) atoms. The Balaban J connectivity index is 1.61. The van der Waals surface area contributed by atoms with Gasteiger partial charge in [-0.2, -0.15) is 0 Å². The van der Waals surface area contributed by atoms with E-state index in [1.807, 2.05) is 30.3 Å². The lowest BCUT2D eigenvalue weighted by Crippen LogP contribution is -2.21. The Hall–Kier alpha value is -2.92. The number of fused-ring (bicyclic) bond motifs is 1. The van der Waals surface area contributed by atoms with Crippen LogP contribution < -0.4 is 10.3 Å². The SMILES string of the molecule is Cc1ccc(-c2c(C)sc3ncn(CCCOc4ccccc4)c(=O)c23)cc1C. The van der Waals surface area contributed by atoms with Gasteiger partial charge in [-0.15, -0.1) is 11.3 Å². The number of benzene rings is 2. The Morgan fingerprint density at radius 2 is 1.83 bits per heavy atom. The number of nitrogens with zero attached hydrogens (tertiary/aromatic N) is 2. The summed E-state index contributed by atoms with van der Waals surface area (Å²) in [5.74, 6) is 0.846. The Kier molecular flexibility index (Phi) is 5.49. The predicted octanol–water partition coefficient (Wildman–Crippen LogP) is 5.52. The zero-order valence-corrected chi connectivity index (χ0v) is 17.8. The number of para-hydroxylation sites is 1. The second-order valence-electron chi connectivity index (χ2n) is 7.27. The van der Waals surface area contributed by atoms with Crippen molar-refractivity contribution >= 4 is 21.6 Å². The van der Waals surface area contributed by atoms with Gasteiger partial charge in [0.2, 0.25) is 0 Å². The fourth-order valence-corrected chi connectivity index (χ4v) is 4.49. The van der Waals surface area contributed by atoms with E-state index in [9.17, 15) is 4.79 Å². The van der Waals surface area contributed by atoms with Gasteiger partial charge in [-0.1, -0.05) is 36.4 Å². The second kappa shape index (κ2) is 8.21. The highest BCUT2D eigenvalue weighted by atomic mass is 32.1. The summed E-state index contributed by atoms with van der Waals surface area (Å²) in [6.45, 7) is 7.40. The van der Waals surface area contributed by atoms with Gasteiger partial charge in [0, 0.05) is 17.0 Å². The predicted molar refractivity (Wildman–Crippen MR) is 120 cm³/mol. The van der Waals surface area contributed by atoms with Gasteiger partial charge in [-0.3, -0.25) is 9.36 Å². The first kappa shape index (κ1) is 19.4. The van der Waals surface area contributed by atoms with Crippen molar-refractivity contribution in [2.75, 3.05) is 6.61 Å². The highest BCUT2D eigenvalue weighted by Gasteiger charge is 2.17. The third-order valence-electron chi connectivity index (χ3n) is 5.21. The second-order valence-corrected chi connectivity index (χ2v) is 8.47. The molecule has 0 saturated carbocycles. The Bertz CT molecular complexity index is 1210. The zero-order chi connectivity index (χ0) is 20.4. The van der Waals surface area contributed by atoms with Crippen molar-refractivity contribution in [3.8, 4) is 16.9 Å². The number of thiophene rings is 1. The fraction of sp³-hybridized carbons (Fsp3) is 0.250. The zero-order valence-electron chi connectivity index (χ0n) is 16.9. The molecule has 148 valence electrons. The van der Waals surface area contributed by atoms with Crippen molar-refractivity contribution in [2.45, 2.75) is 33.7 Å². The minimum absolute atomic E-state index is 0.0206. The number of rotatable bonds is 6. The maximum atomic E-state index is 13.2. The standard InChI is InChI=1S/C24H24N2O2S/c1-16-10-11-19(14-17(16)2)21-18(3)29-23-22(21)24(27)26(15-25-23)12-7-13-28-20-8-5-4-6-9-20/h4-6,8-11,14-15H,7,12-13H2,1-3H3. The average Bonchev–Trinajstić information content (AvgIpc) is 3.06. The molecule has 2 aromatic carbocycles. The van der Waals surface area contributed by atoms with E-state index < -0.39 is 0 Å². The summed E-state index contributed by atoms with van der Waals surface area (Å²) in [6.07, 6.45) is 2.40. The number of ether oxygens (including phenoxy) is 1. The van der Waals surface area contributed by atoms with Crippen molar-refractivity contribution < 1.29 is 4.74 Å². The van der Waals surface area contributed by atoms with Gasteiger partial charge in [0.05, 0.1) is 18.3 Å². The van der Waals surface area contributed by atoms with Crippen LogP contribution in [0.25, 0.3) is 21.3 Å². The number of hydrogen-bond acceptors (Lipinski definition) is 4. The van der Waals surface area contributed by atoms with E-state index in [1.54, 1.807) is 22.2 Å². The van der Waals surface area contributed by atoms with Crippen LogP contribution in [0.1, 0.15) is 22.4 Å². The molecule has 0 bridgehead atoms. The third-order valence-corrected chi connectivity index (χ3v) is 6.22. The van der Waals surface area contributed by atoms with Gasteiger partial charge in [-0.25, -0.2) is 4.98 Å². The summed E-state index contributed by atoms with van der Waals surface area (Å²) in [5.41, 5.74) is 4.59. The molecule has 0 radical (unpaired) electrons. The molecule has 4 aromatic rings. The number of aromatic nitrogens is 2. The lowest BCUT2D eigenvalue weighted by molar-refractivity contribution is 0.301. The molecule has 0 aliphatic heterocycles. The first-order valence-electron chi connectivity index (χ1n) is 9.78. The van der Waals surface area contributed by atoms with Gasteiger partial charge in [-0.05, 0) is 56.0 Å². The molecule has 0 spiro atoms. The van der Waals surface area contributed by atoms with Gasteiger partial charge in [0.1, 0.15) is 10.6 Å². The van der Waals surface area contributed by atoms with Crippen molar-refractivity contribution in [3.05, 3.63) is 81.2 Å². The van der Waals surface area contributed by atoms with Crippen LogP contribution in [0.2, 0.25) is 0 Å². The fourth-order valence-electron chi connectivity index (χ4n) is 3.48. The summed E-state index contributed by atoms with van der Waals surface area (Å²) in [6, 6.07) is 16.1. The van der Waals surface area contributed by atoms with Gasteiger partial charge in [0.15, 0.2) is 0 Å². The molecule has 4 nitrogen and oxygen atoms in total. The molecule has 0 unspecified atom stereocenters. The Morgan fingerprint density at radius 3 is 2.59 bits per heavy atom. The van der Waals surface area contributed by atoms with Gasteiger partial charge >= 0.3 is 0 Å². The van der Waals surface area contributed by atoms with Crippen molar-refractivity contribution in [1.29, 1.82) is 0 Å². The van der Waals surface area contributed by atoms with Crippen LogP contribution in [0.4, 0.5) is 0 Å². The van der Waals surface area contributed by atoms with E-state index in [4.69, 9.17) is 4.74 Å². The lowest BCUT2D eigenvalue weighted by Gasteiger charge is -2.09. The van der Waals surface area contributed by atoms with E-state index in [0.717, 1.165) is 38.4 Å². The smallest absolute Gasteiger partial charge is 0.262 e. The largest absolute Gasteiger partial charge is 0.494 e. The first-order chi connectivity index (χ1) is 14.0. The van der Waals surface area contributed by atoms with Crippen LogP contribution in [0.15, 0.2) is 59.7 Å². The van der Waals surface area contributed by atoms with Crippen molar-refractivity contribution in [1.82, 2.24) is 9.55 Å². The highest BCUT2D eigenvalue weighted by Crippen LogP contribution is 2.36. The van der Waals surface area contributed by atoms with Crippen LogP contribution in [0.3, 0.4) is 0 Å². The number of hydrogen-bond donors (Lipinski definition) is 0. The molecule has 2 heterocycles. The normalized spacial score (nSPS) is 11.1. The van der Waals surface area contributed by atoms with E-state index >= 15 is 0 Å². The van der Waals surface area contributed by atoms with Gasteiger partial charge < -0.3 is 4.74 Å². The maximum Gasteiger partial charge on any atom is 0.262 e. The molecule has 4 rings (SSSR count). The summed E-state index contributed by atoms with van der Waals surface area (Å²) in [4.78, 5) is 19.7. The van der Waals surface area contributed by atoms with E-state index in [0.29, 0.717) is 13.2 Å². The highest BCUT2D eigenvalue weighted by molar-refractivity contribution is 7.19. The van der Waals surface area contributed by atoms with E-state index in [1.165, 1.54) is 11.1 Å². The van der Waals surface area contributed by atoms with Crippen LogP contribution >= 0.6 is 11.3 Å². The molecule has 0 atom stereocenters. The van der Waals surface area contributed by atoms with Crippen LogP contribution in [0, 0.1) is 20.8 Å². The van der Waals surface area contributed by atoms with E-state index in [-0.39, 0.29) is 5.56 Å². The minimum Gasteiger partial charge on any atom is -0.494 e. The number of aryl methyl sites for hydroxylation is 4. The first-order valence-corrected chi connectivity index (χ1v) is 10.6. The Labute approximate surface area is 174 Å². The molecule has 2 aromatic heterocycles. The van der Waals surface area contributed by atoms with Crippen LogP contribution in [-0.4, -0.2) is 16.2 Å². The van der Waals surface area contributed by atoms with Crippen LogP contribution in [-0.2, 0) is 6.54 Å². The molecule has 5 heteroatoms. The van der Waals surface area contributed by atoms with Gasteiger partial charge in [0.25, 0.3) is 5.56 Å². The van der Waals surface area contributed by atoms with Crippen LogP contribution in [0.5, 0.6) is 5.75 Å². The molecule has 0 N–H and O–H groups in total. The lowest BCUT2D eigenvalue weighted by atomic mass is 9.99. The summed E-state index contributed by atoms with van der Waals surface area (Å²) in [7, 11) is 0. The summed E-state index contributed by atoms with van der Waals surface area (Å²) < 4.78 is 7.44. The maximum absolute atomic E-state index is 13.2. The quantitative estimate of drug-likeness (QED) is 0.398. The minimum atomic E-state index is 0.0206. The molecule has 0 saturated heterocycles. The molecular weight excluding hydrogens is 380 g/mol. The van der Waals surface area contributed by atoms with E-state index in [2.05, 4.69) is 44.0 Å².